The zero-order valence-electron chi connectivity index (χ0n) is 13.3. The molecule has 0 unspecified atom stereocenters. The van der Waals surface area contributed by atoms with Gasteiger partial charge in [-0.25, -0.2) is 4.99 Å². The lowest BCUT2D eigenvalue weighted by Crippen LogP contribution is -2.45. The van der Waals surface area contributed by atoms with E-state index in [1.165, 1.54) is 16.3 Å². The van der Waals surface area contributed by atoms with Crippen LogP contribution < -0.4 is 11.1 Å². The molecule has 0 aliphatic heterocycles. The number of hydrogen-bond acceptors (Lipinski definition) is 1. The van der Waals surface area contributed by atoms with E-state index in [1.807, 2.05) is 0 Å². The van der Waals surface area contributed by atoms with Gasteiger partial charge in [0.2, 0.25) is 0 Å². The van der Waals surface area contributed by atoms with Gasteiger partial charge in [0.1, 0.15) is 0 Å². The average molecular weight is 409 g/mol. The van der Waals surface area contributed by atoms with Crippen LogP contribution in [0.4, 0.5) is 0 Å². The maximum Gasteiger partial charge on any atom is 0.189 e. The van der Waals surface area contributed by atoms with Gasteiger partial charge in [0.25, 0.3) is 0 Å². The lowest BCUT2D eigenvalue weighted by Gasteiger charge is -2.21. The quantitative estimate of drug-likeness (QED) is 0.447. The molecule has 2 aromatic rings. The summed E-state index contributed by atoms with van der Waals surface area (Å²) in [5, 5.41) is 5.80. The molecule has 0 saturated heterocycles. The summed E-state index contributed by atoms with van der Waals surface area (Å²) in [6.45, 7) is 6.26. The van der Waals surface area contributed by atoms with E-state index in [1.54, 1.807) is 0 Å². The van der Waals surface area contributed by atoms with Gasteiger partial charge in [0.15, 0.2) is 5.96 Å². The summed E-state index contributed by atoms with van der Waals surface area (Å²) in [5.41, 5.74) is 7.30. The molecule has 118 valence electrons. The highest BCUT2D eigenvalue weighted by Crippen LogP contribution is 2.44. The summed E-state index contributed by atoms with van der Waals surface area (Å²) in [4.78, 5) is 4.60. The third kappa shape index (κ3) is 4.12. The van der Waals surface area contributed by atoms with Crippen LogP contribution in [0.2, 0.25) is 0 Å². The van der Waals surface area contributed by atoms with Crippen molar-refractivity contribution in [2.24, 2.45) is 10.7 Å². The maximum atomic E-state index is 5.97. The highest BCUT2D eigenvalue weighted by Gasteiger charge is 2.38. The maximum absolute atomic E-state index is 5.97. The monoisotopic (exact) mass is 409 g/mol. The molecule has 1 aliphatic rings. The minimum Gasteiger partial charge on any atom is -0.370 e. The van der Waals surface area contributed by atoms with Gasteiger partial charge in [-0.15, -0.1) is 24.0 Å². The van der Waals surface area contributed by atoms with Gasteiger partial charge in [-0.1, -0.05) is 42.5 Å². The van der Waals surface area contributed by atoms with E-state index in [4.69, 9.17) is 5.73 Å². The Morgan fingerprint density at radius 2 is 1.82 bits per heavy atom. The highest BCUT2D eigenvalue weighted by molar-refractivity contribution is 14.0. The van der Waals surface area contributed by atoms with Crippen molar-refractivity contribution in [2.45, 2.75) is 44.7 Å². The third-order valence-electron chi connectivity index (χ3n) is 3.77. The lowest BCUT2D eigenvalue weighted by molar-refractivity contribution is 0.508. The molecule has 3 rings (SSSR count). The Morgan fingerprint density at radius 3 is 2.50 bits per heavy atom. The van der Waals surface area contributed by atoms with Crippen LogP contribution in [0, 0.1) is 0 Å². The average Bonchev–Trinajstić information content (AvgIpc) is 3.15. The number of benzene rings is 2. The number of hydrogen-bond donors (Lipinski definition) is 2. The van der Waals surface area contributed by atoms with Gasteiger partial charge in [0, 0.05) is 11.5 Å². The zero-order chi connectivity index (χ0) is 15.0. The van der Waals surface area contributed by atoms with Crippen molar-refractivity contribution in [3.8, 4) is 0 Å². The predicted molar refractivity (Wildman–Crippen MR) is 105 cm³/mol. The summed E-state index contributed by atoms with van der Waals surface area (Å²) >= 11 is 0. The Labute approximate surface area is 149 Å². The minimum atomic E-state index is -0.0408. The van der Waals surface area contributed by atoms with Crippen LogP contribution in [0.25, 0.3) is 10.8 Å². The summed E-state index contributed by atoms with van der Waals surface area (Å²) in [5.74, 6) is 1.06. The molecule has 0 radical (unpaired) electrons. The SMILES string of the molecule is CC(C)(C)NC(N)=N[C@@H]1C[C@H]1c1ccc2ccccc2c1.I. The zero-order valence-corrected chi connectivity index (χ0v) is 15.7. The van der Waals surface area contributed by atoms with E-state index >= 15 is 0 Å². The fraction of sp³-hybridized carbons (Fsp3) is 0.389. The van der Waals surface area contributed by atoms with Crippen molar-refractivity contribution < 1.29 is 0 Å². The van der Waals surface area contributed by atoms with Gasteiger partial charge in [-0.05, 0) is 43.5 Å². The van der Waals surface area contributed by atoms with E-state index in [-0.39, 0.29) is 29.5 Å². The van der Waals surface area contributed by atoms with Crippen LogP contribution in [0.1, 0.15) is 38.7 Å². The summed E-state index contributed by atoms with van der Waals surface area (Å²) in [6, 6.07) is 15.5. The van der Waals surface area contributed by atoms with Crippen LogP contribution in [-0.4, -0.2) is 17.5 Å². The second-order valence-corrected chi connectivity index (χ2v) is 6.91. The number of nitrogens with one attached hydrogen (secondary N) is 1. The van der Waals surface area contributed by atoms with Gasteiger partial charge in [0.05, 0.1) is 6.04 Å². The molecular formula is C18H24IN3. The number of aliphatic imine (C=N–C) groups is 1. The van der Waals surface area contributed by atoms with Gasteiger partial charge >= 0.3 is 0 Å². The Balaban J connectivity index is 0.00000176. The van der Waals surface area contributed by atoms with Crippen LogP contribution in [0.5, 0.6) is 0 Å². The molecule has 1 aliphatic carbocycles. The molecular weight excluding hydrogens is 385 g/mol. The molecule has 2 aromatic carbocycles. The highest BCUT2D eigenvalue weighted by atomic mass is 127. The summed E-state index contributed by atoms with van der Waals surface area (Å²) in [7, 11) is 0. The molecule has 4 heteroatoms. The van der Waals surface area contributed by atoms with Crippen molar-refractivity contribution in [3.05, 3.63) is 48.0 Å². The Bertz CT molecular complexity index is 688. The first-order valence-corrected chi connectivity index (χ1v) is 7.52. The van der Waals surface area contributed by atoms with Gasteiger partial charge in [-0.2, -0.15) is 0 Å². The van der Waals surface area contributed by atoms with Crippen molar-refractivity contribution in [2.75, 3.05) is 0 Å². The topological polar surface area (TPSA) is 50.4 Å². The Hall–Kier alpha value is -1.30. The van der Waals surface area contributed by atoms with Gasteiger partial charge < -0.3 is 11.1 Å². The van der Waals surface area contributed by atoms with E-state index < -0.39 is 0 Å². The van der Waals surface area contributed by atoms with Crippen LogP contribution >= 0.6 is 24.0 Å². The van der Waals surface area contributed by atoms with E-state index in [9.17, 15) is 0 Å². The van der Waals surface area contributed by atoms with Crippen LogP contribution in [0.3, 0.4) is 0 Å². The standard InChI is InChI=1S/C18H23N3.HI/c1-18(2,3)21-17(19)20-16-11-15(16)14-9-8-12-6-4-5-7-13(12)10-14;/h4-10,15-16H,11H2,1-3H3,(H3,19,20,21);1H/t15-,16+;/m0./s1. The predicted octanol–water partition coefficient (Wildman–Crippen LogP) is 4.02. The first-order chi connectivity index (χ1) is 9.92. The molecule has 2 atom stereocenters. The minimum absolute atomic E-state index is 0. The van der Waals surface area contributed by atoms with Crippen LogP contribution in [-0.2, 0) is 0 Å². The third-order valence-corrected chi connectivity index (χ3v) is 3.77. The molecule has 3 N–H and O–H groups in total. The molecule has 0 spiro atoms. The molecule has 1 fully saturated rings. The molecule has 22 heavy (non-hydrogen) atoms. The first-order valence-electron chi connectivity index (χ1n) is 7.52. The smallest absolute Gasteiger partial charge is 0.189 e. The second-order valence-electron chi connectivity index (χ2n) is 6.91. The van der Waals surface area contributed by atoms with Crippen molar-refractivity contribution in [1.82, 2.24) is 5.32 Å². The number of halogens is 1. The number of nitrogens with two attached hydrogens (primary N) is 1. The molecule has 0 aromatic heterocycles. The normalized spacial score (nSPS) is 21.3. The van der Waals surface area contributed by atoms with E-state index in [2.05, 4.69) is 73.5 Å². The Morgan fingerprint density at radius 1 is 1.14 bits per heavy atom. The summed E-state index contributed by atoms with van der Waals surface area (Å²) < 4.78 is 0. The van der Waals surface area contributed by atoms with Crippen molar-refractivity contribution in [3.63, 3.8) is 0 Å². The largest absolute Gasteiger partial charge is 0.370 e. The lowest BCUT2D eigenvalue weighted by atomic mass is 10.0. The van der Waals surface area contributed by atoms with E-state index in [0.29, 0.717) is 17.9 Å². The molecule has 0 heterocycles. The van der Waals surface area contributed by atoms with Crippen LogP contribution in [0.15, 0.2) is 47.5 Å². The van der Waals surface area contributed by atoms with Crippen molar-refractivity contribution in [1.29, 1.82) is 0 Å². The fourth-order valence-electron chi connectivity index (χ4n) is 2.72. The number of guanidine groups is 1. The van der Waals surface area contributed by atoms with E-state index in [0.717, 1.165) is 6.42 Å². The molecule has 1 saturated carbocycles. The Kier molecular flexibility index (Phi) is 5.00. The number of nitrogens with zero attached hydrogens (tertiary/aromatic N) is 1. The molecule has 0 amide bonds. The number of rotatable bonds is 2. The van der Waals surface area contributed by atoms with Gasteiger partial charge in [-0.3, -0.25) is 0 Å². The van der Waals surface area contributed by atoms with Crippen molar-refractivity contribution >= 4 is 40.7 Å². The molecule has 0 bridgehead atoms. The first kappa shape index (κ1) is 17.1. The number of fused-ring (bicyclic) bond motifs is 1. The molecule has 3 nitrogen and oxygen atoms in total. The summed E-state index contributed by atoms with van der Waals surface area (Å²) in [6.07, 6.45) is 1.09. The fourth-order valence-corrected chi connectivity index (χ4v) is 2.72. The second kappa shape index (κ2) is 6.44.